The second-order valence-corrected chi connectivity index (χ2v) is 8.99. The summed E-state index contributed by atoms with van der Waals surface area (Å²) in [6.07, 6.45) is -0.132. The largest absolute Gasteiger partial charge is 0.444 e. The van der Waals surface area contributed by atoms with Crippen LogP contribution >= 0.6 is 0 Å². The molecule has 1 aromatic rings. The summed E-state index contributed by atoms with van der Waals surface area (Å²) in [7, 11) is 2.03. The van der Waals surface area contributed by atoms with E-state index < -0.39 is 11.9 Å². The van der Waals surface area contributed by atoms with Crippen LogP contribution < -0.4 is 9.80 Å². The first-order valence-corrected chi connectivity index (χ1v) is 11.7. The SMILES string of the molecule is CC(=O)CC[C@H]1CN(c2ccc(N3CCON(C(=O)N4CCN(C)CC4)CC3)c(F)c2)C(=O)O1. The zero-order valence-corrected chi connectivity index (χ0v) is 19.7. The van der Waals surface area contributed by atoms with Crippen LogP contribution in [-0.2, 0) is 14.4 Å². The molecular weight excluding hydrogens is 445 g/mol. The predicted octanol–water partition coefficient (Wildman–Crippen LogP) is 1.94. The number of hydroxylamine groups is 2. The molecule has 0 bridgehead atoms. The van der Waals surface area contributed by atoms with Crippen LogP contribution in [0.5, 0.6) is 0 Å². The van der Waals surface area contributed by atoms with Gasteiger partial charge in [0, 0.05) is 45.7 Å². The summed E-state index contributed by atoms with van der Waals surface area (Å²) in [6, 6.07) is 4.49. The number of halogens is 1. The van der Waals surface area contributed by atoms with Crippen LogP contribution in [0, 0.1) is 5.82 Å². The fraction of sp³-hybridized carbons (Fsp3) is 0.609. The summed E-state index contributed by atoms with van der Waals surface area (Å²) in [6.45, 7) is 6.18. The van der Waals surface area contributed by atoms with E-state index in [9.17, 15) is 14.4 Å². The zero-order valence-electron chi connectivity index (χ0n) is 19.7. The maximum atomic E-state index is 15.1. The van der Waals surface area contributed by atoms with Gasteiger partial charge < -0.3 is 24.2 Å². The Morgan fingerprint density at radius 3 is 2.56 bits per heavy atom. The molecule has 1 aromatic carbocycles. The van der Waals surface area contributed by atoms with Crippen molar-refractivity contribution in [1.29, 1.82) is 0 Å². The molecule has 0 radical (unpaired) electrons. The molecule has 34 heavy (non-hydrogen) atoms. The van der Waals surface area contributed by atoms with Crippen molar-refractivity contribution in [2.75, 3.05) is 75.8 Å². The average molecular weight is 478 g/mol. The van der Waals surface area contributed by atoms with Crippen LogP contribution in [0.25, 0.3) is 0 Å². The van der Waals surface area contributed by atoms with Crippen molar-refractivity contribution in [2.45, 2.75) is 25.9 Å². The molecule has 3 saturated heterocycles. The van der Waals surface area contributed by atoms with Gasteiger partial charge in [-0.2, -0.15) is 0 Å². The van der Waals surface area contributed by atoms with Gasteiger partial charge in [-0.05, 0) is 38.6 Å². The molecule has 0 saturated carbocycles. The van der Waals surface area contributed by atoms with Crippen molar-refractivity contribution in [2.24, 2.45) is 0 Å². The highest BCUT2D eigenvalue weighted by molar-refractivity contribution is 5.90. The van der Waals surface area contributed by atoms with E-state index in [1.807, 2.05) is 11.9 Å². The lowest BCUT2D eigenvalue weighted by Crippen LogP contribution is -2.52. The number of cyclic esters (lactones) is 1. The minimum Gasteiger partial charge on any atom is -0.444 e. The van der Waals surface area contributed by atoms with Crippen LogP contribution in [0.1, 0.15) is 19.8 Å². The molecule has 3 aliphatic rings. The van der Waals surface area contributed by atoms with Crippen LogP contribution in [0.15, 0.2) is 18.2 Å². The Balaban J connectivity index is 1.36. The van der Waals surface area contributed by atoms with Gasteiger partial charge in [-0.3, -0.25) is 9.74 Å². The highest BCUT2D eigenvalue weighted by Gasteiger charge is 2.33. The first-order valence-electron chi connectivity index (χ1n) is 11.7. The zero-order chi connectivity index (χ0) is 24.2. The number of nitrogens with zero attached hydrogens (tertiary/aromatic N) is 5. The number of rotatable bonds is 5. The maximum Gasteiger partial charge on any atom is 0.414 e. The number of ether oxygens (including phenoxy) is 1. The number of ketones is 1. The third kappa shape index (κ3) is 5.58. The number of Topliss-reactive ketones (excluding diaryl/α,β-unsaturated/α-hetero) is 1. The molecule has 0 aliphatic carbocycles. The van der Waals surface area contributed by atoms with E-state index in [4.69, 9.17) is 9.57 Å². The monoisotopic (exact) mass is 477 g/mol. The van der Waals surface area contributed by atoms with Crippen LogP contribution in [0.3, 0.4) is 0 Å². The summed E-state index contributed by atoms with van der Waals surface area (Å²) in [5, 5.41) is 1.37. The van der Waals surface area contributed by atoms with Gasteiger partial charge in [0.2, 0.25) is 0 Å². The molecule has 4 rings (SSSR count). The highest BCUT2D eigenvalue weighted by Crippen LogP contribution is 2.29. The van der Waals surface area contributed by atoms with Gasteiger partial charge in [-0.15, -0.1) is 0 Å². The normalized spacial score (nSPS) is 22.1. The Labute approximate surface area is 198 Å². The number of hydrogen-bond donors (Lipinski definition) is 0. The van der Waals surface area contributed by atoms with E-state index in [1.165, 1.54) is 23.0 Å². The lowest BCUT2D eigenvalue weighted by atomic mass is 10.1. The Morgan fingerprint density at radius 2 is 1.85 bits per heavy atom. The minimum atomic E-state index is -0.540. The number of carbonyl (C=O) groups is 3. The summed E-state index contributed by atoms with van der Waals surface area (Å²) in [4.78, 5) is 49.1. The number of anilines is 2. The first kappa shape index (κ1) is 24.2. The molecule has 3 amide bonds. The number of benzene rings is 1. The van der Waals surface area contributed by atoms with E-state index in [0.29, 0.717) is 56.9 Å². The predicted molar refractivity (Wildman–Crippen MR) is 123 cm³/mol. The molecule has 0 unspecified atom stereocenters. The first-order chi connectivity index (χ1) is 16.3. The molecule has 0 aromatic heterocycles. The van der Waals surface area contributed by atoms with Crippen molar-refractivity contribution in [1.82, 2.24) is 14.9 Å². The van der Waals surface area contributed by atoms with E-state index in [2.05, 4.69) is 4.90 Å². The number of urea groups is 1. The van der Waals surface area contributed by atoms with E-state index in [-0.39, 0.29) is 31.1 Å². The Kier molecular flexibility index (Phi) is 7.52. The fourth-order valence-electron chi connectivity index (χ4n) is 4.36. The molecule has 3 fully saturated rings. The molecule has 10 nitrogen and oxygen atoms in total. The van der Waals surface area contributed by atoms with Crippen molar-refractivity contribution < 1.29 is 28.3 Å². The maximum absolute atomic E-state index is 15.1. The smallest absolute Gasteiger partial charge is 0.414 e. The van der Waals surface area contributed by atoms with Gasteiger partial charge >= 0.3 is 12.1 Å². The molecule has 3 aliphatic heterocycles. The lowest BCUT2D eigenvalue weighted by molar-refractivity contribution is -0.117. The molecular formula is C23H32FN5O5. The Bertz CT molecular complexity index is 923. The lowest BCUT2D eigenvalue weighted by Gasteiger charge is -2.35. The molecule has 11 heteroatoms. The van der Waals surface area contributed by atoms with Gasteiger partial charge in [0.15, 0.2) is 0 Å². The highest BCUT2D eigenvalue weighted by atomic mass is 19.1. The third-order valence-corrected chi connectivity index (χ3v) is 6.44. The van der Waals surface area contributed by atoms with Crippen LogP contribution in [0.4, 0.5) is 25.4 Å². The van der Waals surface area contributed by atoms with Crippen molar-refractivity contribution in [3.05, 3.63) is 24.0 Å². The van der Waals surface area contributed by atoms with Crippen molar-refractivity contribution >= 4 is 29.3 Å². The van der Waals surface area contributed by atoms with E-state index in [1.54, 1.807) is 17.0 Å². The quantitative estimate of drug-likeness (QED) is 0.641. The second-order valence-electron chi connectivity index (χ2n) is 8.99. The summed E-state index contributed by atoms with van der Waals surface area (Å²) in [5.41, 5.74) is 0.802. The molecule has 186 valence electrons. The van der Waals surface area contributed by atoms with Crippen LogP contribution in [0.2, 0.25) is 0 Å². The van der Waals surface area contributed by atoms with E-state index >= 15 is 4.39 Å². The Hall–Kier alpha value is -2.92. The summed E-state index contributed by atoms with van der Waals surface area (Å²) < 4.78 is 20.4. The van der Waals surface area contributed by atoms with Crippen molar-refractivity contribution in [3.8, 4) is 0 Å². The molecule has 0 spiro atoms. The third-order valence-electron chi connectivity index (χ3n) is 6.44. The number of hydrogen-bond acceptors (Lipinski definition) is 7. The number of piperazine rings is 1. The van der Waals surface area contributed by atoms with E-state index in [0.717, 1.165) is 13.1 Å². The van der Waals surface area contributed by atoms with Gasteiger partial charge in [0.05, 0.1) is 31.1 Å². The van der Waals surface area contributed by atoms with Gasteiger partial charge in [0.25, 0.3) is 0 Å². The number of carbonyl (C=O) groups excluding carboxylic acids is 3. The fourth-order valence-corrected chi connectivity index (χ4v) is 4.36. The van der Waals surface area contributed by atoms with Gasteiger partial charge in [-0.25, -0.2) is 19.0 Å². The average Bonchev–Trinajstić information content (AvgIpc) is 3.02. The number of amides is 3. The van der Waals surface area contributed by atoms with Crippen molar-refractivity contribution in [3.63, 3.8) is 0 Å². The molecule has 3 heterocycles. The standard InChI is InChI=1S/C23H32FN5O5/c1-17(30)3-5-19-16-28(23(32)34-19)18-4-6-21(20(24)15-18)26-11-12-29(33-14-13-26)22(31)27-9-7-25(2)8-10-27/h4,6,15,19H,3,5,7-14,16H2,1-2H3/t19-/m0/s1. The molecule has 1 atom stereocenters. The Morgan fingerprint density at radius 1 is 1.09 bits per heavy atom. The van der Waals surface area contributed by atoms with Gasteiger partial charge in [-0.1, -0.05) is 0 Å². The molecule has 0 N–H and O–H groups in total. The summed E-state index contributed by atoms with van der Waals surface area (Å²) >= 11 is 0. The van der Waals surface area contributed by atoms with Crippen LogP contribution in [-0.4, -0.2) is 105 Å². The minimum absolute atomic E-state index is 0.0372. The topological polar surface area (TPSA) is 85.9 Å². The number of likely N-dealkylation sites (N-methyl/N-ethyl adjacent to an activating group) is 1. The second kappa shape index (κ2) is 10.6. The summed E-state index contributed by atoms with van der Waals surface area (Å²) in [5.74, 6) is -0.425. The van der Waals surface area contributed by atoms with Gasteiger partial charge in [0.1, 0.15) is 17.7 Å².